The van der Waals surface area contributed by atoms with Gasteiger partial charge in [-0.3, -0.25) is 10.2 Å². The molecular formula is C33H44ClN5O7S. The number of nitrogens with one attached hydrogen (secondary N) is 1. The van der Waals surface area contributed by atoms with Gasteiger partial charge in [-0.25, -0.2) is 8.42 Å². The minimum absolute atomic E-state index is 0. The average molecular weight is 690 g/mol. The number of aryl methyl sites for hydroxylation is 2. The molecule has 12 nitrogen and oxygen atoms in total. The summed E-state index contributed by atoms with van der Waals surface area (Å²) in [7, 11) is 0.389. The second-order valence-corrected chi connectivity index (χ2v) is 13.6. The minimum atomic E-state index is -2.99. The molecule has 3 aromatic rings. The van der Waals surface area contributed by atoms with Crippen LogP contribution in [0.25, 0.3) is 11.1 Å². The molecule has 0 saturated heterocycles. The number of carboxylic acid groups (broad SMARTS) is 1. The lowest BCUT2D eigenvalue weighted by molar-refractivity contribution is -0.137. The molecule has 0 unspecified atom stereocenters. The van der Waals surface area contributed by atoms with Gasteiger partial charge in [-0.15, -0.1) is 12.4 Å². The number of sulfone groups is 1. The number of aliphatic carboxylic acids is 1. The lowest BCUT2D eigenvalue weighted by atomic mass is 9.94. The number of carboxylic acids is 1. The molecule has 3 aromatic carbocycles. The van der Waals surface area contributed by atoms with Gasteiger partial charge in [-0.2, -0.15) is 4.99 Å². The number of hydrogen-bond donors (Lipinski definition) is 4. The highest BCUT2D eigenvalue weighted by Gasteiger charge is 2.26. The highest BCUT2D eigenvalue weighted by molar-refractivity contribution is 7.90. The van der Waals surface area contributed by atoms with Gasteiger partial charge in [0.15, 0.2) is 5.96 Å². The van der Waals surface area contributed by atoms with Gasteiger partial charge in [0.05, 0.1) is 25.4 Å². The summed E-state index contributed by atoms with van der Waals surface area (Å²) < 4.78 is 40.1. The van der Waals surface area contributed by atoms with Gasteiger partial charge < -0.3 is 35.7 Å². The molecule has 47 heavy (non-hydrogen) atoms. The largest absolute Gasteiger partial charge is 0.494 e. The molecule has 0 spiro atoms. The van der Waals surface area contributed by atoms with E-state index in [0.29, 0.717) is 37.7 Å². The van der Waals surface area contributed by atoms with Crippen LogP contribution in [0.1, 0.15) is 41.0 Å². The molecule has 1 atom stereocenters. The summed E-state index contributed by atoms with van der Waals surface area (Å²) in [6.45, 7) is 5.18. The van der Waals surface area contributed by atoms with Gasteiger partial charge in [-0.05, 0) is 72.4 Å². The Morgan fingerprint density at radius 2 is 1.74 bits per heavy atom. The van der Waals surface area contributed by atoms with Gasteiger partial charge in [0.25, 0.3) is 0 Å². The Balaban J connectivity index is 0.000000674. The maximum absolute atomic E-state index is 11.3. The smallest absolute Gasteiger partial charge is 0.304 e. The first-order chi connectivity index (χ1) is 21.6. The van der Waals surface area contributed by atoms with E-state index >= 15 is 0 Å². The number of guanidine groups is 2. The summed E-state index contributed by atoms with van der Waals surface area (Å²) in [4.78, 5) is 16.0. The van der Waals surface area contributed by atoms with Gasteiger partial charge in [0, 0.05) is 37.9 Å². The first kappa shape index (κ1) is 38.7. The van der Waals surface area contributed by atoms with E-state index < -0.39 is 15.8 Å². The van der Waals surface area contributed by atoms with Crippen LogP contribution in [-0.4, -0.2) is 75.6 Å². The number of rotatable bonds is 11. The van der Waals surface area contributed by atoms with Crippen molar-refractivity contribution in [3.8, 4) is 28.4 Å². The zero-order valence-electron chi connectivity index (χ0n) is 27.3. The van der Waals surface area contributed by atoms with Gasteiger partial charge in [0.1, 0.15) is 33.7 Å². The molecule has 4 rings (SSSR count). The highest BCUT2D eigenvalue weighted by Crippen LogP contribution is 2.38. The Labute approximate surface area is 282 Å². The predicted molar refractivity (Wildman–Crippen MR) is 187 cm³/mol. The van der Waals surface area contributed by atoms with Gasteiger partial charge in [0.2, 0.25) is 5.96 Å². The minimum Gasteiger partial charge on any atom is -0.494 e. The molecule has 6 N–H and O–H groups in total. The maximum Gasteiger partial charge on any atom is 0.304 e. The molecule has 0 amide bonds. The summed E-state index contributed by atoms with van der Waals surface area (Å²) in [6.07, 6.45) is 1.74. The third kappa shape index (κ3) is 12.3. The molecule has 0 fully saturated rings. The normalized spacial score (nSPS) is 13.1. The molecule has 14 heteroatoms. The van der Waals surface area contributed by atoms with Gasteiger partial charge >= 0.3 is 5.97 Å². The first-order valence-corrected chi connectivity index (χ1v) is 16.7. The number of benzene rings is 3. The van der Waals surface area contributed by atoms with Crippen LogP contribution in [0, 0.1) is 19.3 Å². The van der Waals surface area contributed by atoms with Crippen molar-refractivity contribution in [2.24, 2.45) is 16.5 Å². The zero-order valence-corrected chi connectivity index (χ0v) is 28.9. The van der Waals surface area contributed by atoms with E-state index in [1.165, 1.54) is 11.2 Å². The van der Waals surface area contributed by atoms with Crippen LogP contribution in [-0.2, 0) is 21.2 Å². The third-order valence-corrected chi connectivity index (χ3v) is 8.03. The van der Waals surface area contributed by atoms with Crippen LogP contribution >= 0.6 is 12.4 Å². The van der Waals surface area contributed by atoms with Crippen LogP contribution in [0.3, 0.4) is 0 Å². The zero-order chi connectivity index (χ0) is 34.0. The summed E-state index contributed by atoms with van der Waals surface area (Å²) >= 11 is 0. The Bertz CT molecular complexity index is 1670. The van der Waals surface area contributed by atoms with Crippen molar-refractivity contribution in [1.82, 2.24) is 4.90 Å². The number of fused-ring (bicyclic) bond motifs is 1. The van der Waals surface area contributed by atoms with Crippen LogP contribution in [0.2, 0.25) is 0 Å². The summed E-state index contributed by atoms with van der Waals surface area (Å²) in [5.74, 6) is 1.20. The molecule has 0 bridgehead atoms. The first-order valence-electron chi connectivity index (χ1n) is 14.6. The van der Waals surface area contributed by atoms with Crippen LogP contribution in [0.5, 0.6) is 17.2 Å². The van der Waals surface area contributed by atoms with E-state index in [1.807, 2.05) is 56.3 Å². The molecule has 0 saturated carbocycles. The van der Waals surface area contributed by atoms with Gasteiger partial charge in [-0.1, -0.05) is 24.3 Å². The van der Waals surface area contributed by atoms with Crippen molar-refractivity contribution < 1.29 is 32.5 Å². The molecule has 1 heterocycles. The van der Waals surface area contributed by atoms with Crippen LogP contribution in [0.4, 0.5) is 0 Å². The molecule has 1 aliphatic heterocycles. The number of halogens is 1. The van der Waals surface area contributed by atoms with E-state index in [0.717, 1.165) is 39.1 Å². The summed E-state index contributed by atoms with van der Waals surface area (Å²) in [5.41, 5.74) is 16.3. The second kappa shape index (κ2) is 17.4. The number of nitrogens with zero attached hydrogens (tertiary/aromatic N) is 2. The Morgan fingerprint density at radius 1 is 1.06 bits per heavy atom. The predicted octanol–water partition coefficient (Wildman–Crippen LogP) is 4.49. The van der Waals surface area contributed by atoms with Crippen molar-refractivity contribution in [3.05, 3.63) is 76.9 Å². The quantitative estimate of drug-likeness (QED) is 0.127. The third-order valence-electron chi connectivity index (χ3n) is 7.00. The van der Waals surface area contributed by atoms with Crippen molar-refractivity contribution >= 4 is 40.1 Å². The van der Waals surface area contributed by atoms with Crippen molar-refractivity contribution in [1.29, 1.82) is 5.41 Å². The van der Waals surface area contributed by atoms with E-state index in [9.17, 15) is 13.2 Å². The van der Waals surface area contributed by atoms with Crippen LogP contribution < -0.4 is 25.7 Å². The van der Waals surface area contributed by atoms with Crippen molar-refractivity contribution in [3.63, 3.8) is 0 Å². The number of hydrogen-bond acceptors (Lipinski definition) is 7. The van der Waals surface area contributed by atoms with E-state index in [2.05, 4.69) is 17.1 Å². The fraction of sp³-hybridized carbons (Fsp3) is 0.364. The number of aliphatic imine (C=N–C) groups is 1. The maximum atomic E-state index is 11.3. The molecule has 0 aliphatic carbocycles. The average Bonchev–Trinajstić information content (AvgIpc) is 3.35. The van der Waals surface area contributed by atoms with E-state index in [-0.39, 0.29) is 42.4 Å². The molecular weight excluding hydrogens is 646 g/mol. The van der Waals surface area contributed by atoms with E-state index in [4.69, 9.17) is 36.2 Å². The Kier molecular flexibility index (Phi) is 14.4. The van der Waals surface area contributed by atoms with E-state index in [1.54, 1.807) is 14.1 Å². The molecule has 1 aliphatic rings. The molecule has 0 radical (unpaired) electrons. The fourth-order valence-electron chi connectivity index (χ4n) is 4.91. The number of ether oxygens (including phenoxy) is 3. The lowest BCUT2D eigenvalue weighted by Crippen LogP contribution is -2.28. The number of nitrogens with two attached hydrogens (primary N) is 2. The Morgan fingerprint density at radius 3 is 2.32 bits per heavy atom. The fourth-order valence-corrected chi connectivity index (χ4v) is 5.55. The number of carbonyl (C=O) groups is 1. The van der Waals surface area contributed by atoms with Crippen molar-refractivity contribution in [2.75, 3.05) is 39.3 Å². The van der Waals surface area contributed by atoms with Crippen LogP contribution in [0.15, 0.2) is 59.6 Å². The molecule has 0 aromatic heterocycles. The topological polar surface area (TPSA) is 191 Å². The summed E-state index contributed by atoms with van der Waals surface area (Å²) in [5, 5.41) is 16.1. The summed E-state index contributed by atoms with van der Waals surface area (Å²) in [6, 6.07) is 17.7. The standard InChI is InChI=1S/C29H32O7S.C4H11N5.ClH/c1-19-12-25(34-10-5-11-37(3,32)33)13-20(2)29(19)22-7-4-6-21(14-22)17-35-24-8-9-26-23(15-28(30)31)18-36-27(26)16-24;1-9(2)4(7)8-3(5)6;/h4,6-9,12-14,16,23H,5,10-11,15,17-18H2,1-3H3,(H,30,31);1-2H3,(H5,5,6,7,8);1H/t23-;;/m1../s1. The Hall–Kier alpha value is -4.49. The monoisotopic (exact) mass is 689 g/mol. The lowest BCUT2D eigenvalue weighted by Gasteiger charge is -2.15. The molecule has 256 valence electrons. The highest BCUT2D eigenvalue weighted by atomic mass is 35.5. The SMILES string of the molecule is CN(C)C(=N)N=C(N)N.Cc1cc(OCCCS(C)(=O)=O)cc(C)c1-c1cccc(COc2ccc3c(c2)OC[C@H]3CC(=O)O)c1.Cl. The van der Waals surface area contributed by atoms with Crippen molar-refractivity contribution in [2.45, 2.75) is 39.2 Å². The second-order valence-electron chi connectivity index (χ2n) is 11.3.